The van der Waals surface area contributed by atoms with Crippen LogP contribution in [0.25, 0.3) is 0 Å². The number of hydrogen-bond acceptors (Lipinski definition) is 10. The van der Waals surface area contributed by atoms with Crippen LogP contribution >= 0.6 is 50.5 Å². The second kappa shape index (κ2) is 30.4. The molecule has 0 saturated carbocycles. The minimum absolute atomic E-state index is 0. The number of carboxylic acid groups (broad SMARTS) is 2. The Morgan fingerprint density at radius 2 is 0.919 bits per heavy atom. The summed E-state index contributed by atoms with van der Waals surface area (Å²) in [4.78, 5) is 43.0. The molecule has 212 valence electrons. The Morgan fingerprint density at radius 1 is 0.568 bits per heavy atom. The number of thiol groups is 4. The zero-order chi connectivity index (χ0) is 27.6. The molecule has 0 rings (SSSR count). The summed E-state index contributed by atoms with van der Waals surface area (Å²) < 4.78 is 0. The van der Waals surface area contributed by atoms with Crippen molar-refractivity contribution in [3.05, 3.63) is 0 Å². The van der Waals surface area contributed by atoms with E-state index in [4.69, 9.17) is 0 Å². The van der Waals surface area contributed by atoms with Gasteiger partial charge in [-0.3, -0.25) is 9.59 Å². The number of carbonyl (C=O) groups is 4. The van der Waals surface area contributed by atoms with Gasteiger partial charge < -0.3 is 30.4 Å². The molecule has 0 aliphatic rings. The van der Waals surface area contributed by atoms with Gasteiger partial charge in [0.05, 0.1) is 0 Å². The fourth-order valence-corrected chi connectivity index (χ4v) is 4.67. The first-order valence-corrected chi connectivity index (χ1v) is 14.9. The molecule has 0 aromatic rings. The summed E-state index contributed by atoms with van der Waals surface area (Å²) >= 11 is 17.1. The fourth-order valence-electron chi connectivity index (χ4n) is 3.02. The normalized spacial score (nSPS) is 11.8. The van der Waals surface area contributed by atoms with E-state index in [1.54, 1.807) is 0 Å². The van der Waals surface area contributed by atoms with E-state index in [-0.39, 0.29) is 44.1 Å². The smallest absolute Gasteiger partial charge is 0.550 e. The average molecular weight is 650 g/mol. The summed E-state index contributed by atoms with van der Waals surface area (Å²) in [6.07, 6.45) is 9.45. The van der Waals surface area contributed by atoms with Crippen molar-refractivity contribution in [3.8, 4) is 0 Å². The van der Waals surface area contributed by atoms with Gasteiger partial charge in [-0.15, -0.1) is 0 Å². The van der Waals surface area contributed by atoms with Gasteiger partial charge >= 0.3 is 19.5 Å². The monoisotopic (exact) mass is 648 g/mol. The minimum atomic E-state index is -1.08. The molecule has 0 saturated heterocycles. The van der Waals surface area contributed by atoms with Crippen LogP contribution in [0.4, 0.5) is 0 Å². The second-order valence-electron chi connectivity index (χ2n) is 8.47. The number of amides is 2. The van der Waals surface area contributed by atoms with Gasteiger partial charge in [0.2, 0.25) is 11.8 Å². The Kier molecular flexibility index (Phi) is 34.1. The zero-order valence-corrected chi connectivity index (χ0v) is 28.4. The molecule has 0 heterocycles. The number of carbonyl (C=O) groups excluding carboxylic acids is 4. The standard InChI is InChI=1S/2C12H23NO3S2.Zn/c2*14-11(13-8-3-6-12(15)16)5-2-1-4-10(18)7-9-17;/h2*10,17-18H,1-9H2,(H,13,14)(H,15,16);/q;;+2/p-2. The molecule has 37 heavy (non-hydrogen) atoms. The van der Waals surface area contributed by atoms with Crippen LogP contribution in [0.5, 0.6) is 0 Å². The van der Waals surface area contributed by atoms with Gasteiger partial charge in [0, 0.05) is 48.4 Å². The van der Waals surface area contributed by atoms with Gasteiger partial charge in [-0.1, -0.05) is 12.8 Å². The molecule has 0 aliphatic heterocycles. The minimum Gasteiger partial charge on any atom is -0.550 e. The van der Waals surface area contributed by atoms with Crippen molar-refractivity contribution in [2.24, 2.45) is 0 Å². The molecule has 0 aromatic carbocycles. The van der Waals surface area contributed by atoms with E-state index >= 15 is 0 Å². The van der Waals surface area contributed by atoms with Crippen LogP contribution in [0.3, 0.4) is 0 Å². The van der Waals surface area contributed by atoms with Crippen LogP contribution in [0.15, 0.2) is 0 Å². The van der Waals surface area contributed by atoms with Crippen molar-refractivity contribution in [2.45, 2.75) is 100 Å². The summed E-state index contributed by atoms with van der Waals surface area (Å²) in [5.74, 6) is -0.502. The molecule has 8 nitrogen and oxygen atoms in total. The molecule has 0 spiro atoms. The van der Waals surface area contributed by atoms with Gasteiger partial charge in [0.15, 0.2) is 0 Å². The summed E-state index contributed by atoms with van der Waals surface area (Å²) in [6.45, 7) is 0.809. The van der Waals surface area contributed by atoms with Crippen LogP contribution in [0.1, 0.15) is 89.9 Å². The van der Waals surface area contributed by atoms with Crippen molar-refractivity contribution >= 4 is 74.3 Å². The molecule has 0 aromatic heterocycles. The molecule has 2 unspecified atom stereocenters. The molecule has 0 aliphatic carbocycles. The van der Waals surface area contributed by atoms with Crippen LogP contribution in [0, 0.1) is 0 Å². The zero-order valence-electron chi connectivity index (χ0n) is 21.8. The summed E-state index contributed by atoms with van der Waals surface area (Å²) in [5.41, 5.74) is 0. The van der Waals surface area contributed by atoms with Gasteiger partial charge in [0.25, 0.3) is 0 Å². The quantitative estimate of drug-likeness (QED) is 0.0599. The van der Waals surface area contributed by atoms with E-state index in [1.807, 2.05) is 0 Å². The van der Waals surface area contributed by atoms with Crippen LogP contribution < -0.4 is 20.8 Å². The largest absolute Gasteiger partial charge is 2.00 e. The van der Waals surface area contributed by atoms with Crippen molar-refractivity contribution in [2.75, 3.05) is 24.6 Å². The van der Waals surface area contributed by atoms with Crippen molar-refractivity contribution in [3.63, 3.8) is 0 Å². The Hall–Kier alpha value is -0.0966. The third-order valence-electron chi connectivity index (χ3n) is 5.07. The number of rotatable bonds is 22. The van der Waals surface area contributed by atoms with E-state index in [2.05, 4.69) is 61.1 Å². The van der Waals surface area contributed by atoms with Crippen molar-refractivity contribution in [1.82, 2.24) is 10.6 Å². The van der Waals surface area contributed by atoms with Crippen molar-refractivity contribution < 1.29 is 48.9 Å². The molecular formula is C24H44N2O6S4Zn. The SMILES string of the molecule is O=C([O-])CCCNC(=O)CCCCC(S)CCS.O=C([O-])CCCNC(=O)CCCCC(S)CCS.[Zn+2]. The molecule has 13 heteroatoms. The average Bonchev–Trinajstić information content (AvgIpc) is 2.81. The molecular weight excluding hydrogens is 606 g/mol. The molecule has 0 radical (unpaired) electrons. The predicted octanol–water partition coefficient (Wildman–Crippen LogP) is 1.62. The molecule has 0 bridgehead atoms. The first-order chi connectivity index (χ1) is 17.1. The number of carboxylic acids is 2. The Bertz CT molecular complexity index is 556. The summed E-state index contributed by atoms with van der Waals surface area (Å²) in [5, 5.41) is 26.4. The topological polar surface area (TPSA) is 138 Å². The van der Waals surface area contributed by atoms with Gasteiger partial charge in [0.1, 0.15) is 0 Å². The maximum absolute atomic E-state index is 11.4. The van der Waals surface area contributed by atoms with E-state index in [9.17, 15) is 29.4 Å². The third-order valence-corrected chi connectivity index (χ3v) is 6.62. The summed E-state index contributed by atoms with van der Waals surface area (Å²) in [7, 11) is 0. The number of unbranched alkanes of at least 4 members (excludes halogenated alkanes) is 2. The Morgan fingerprint density at radius 3 is 1.22 bits per heavy atom. The van der Waals surface area contributed by atoms with Crippen molar-refractivity contribution in [1.29, 1.82) is 0 Å². The van der Waals surface area contributed by atoms with Crippen LogP contribution in [-0.4, -0.2) is 58.8 Å². The van der Waals surface area contributed by atoms with Gasteiger partial charge in [-0.05, 0) is 75.7 Å². The maximum atomic E-state index is 11.4. The molecule has 0 fully saturated rings. The second-order valence-corrected chi connectivity index (χ2v) is 10.8. The van der Waals surface area contributed by atoms with Gasteiger partial charge in [-0.2, -0.15) is 50.5 Å². The first-order valence-electron chi connectivity index (χ1n) is 12.6. The van der Waals surface area contributed by atoms with E-state index < -0.39 is 11.9 Å². The van der Waals surface area contributed by atoms with Gasteiger partial charge in [-0.25, -0.2) is 0 Å². The Labute approximate surface area is 257 Å². The maximum Gasteiger partial charge on any atom is 2.00 e. The van der Waals surface area contributed by atoms with E-state index in [0.717, 1.165) is 62.9 Å². The van der Waals surface area contributed by atoms with Crippen LogP contribution in [-0.2, 0) is 38.7 Å². The summed E-state index contributed by atoms with van der Waals surface area (Å²) in [6, 6.07) is 0. The molecule has 2 N–H and O–H groups in total. The number of aliphatic carboxylic acids is 2. The predicted molar refractivity (Wildman–Crippen MR) is 154 cm³/mol. The first kappa shape index (κ1) is 41.4. The van der Waals surface area contributed by atoms with Crippen LogP contribution in [0.2, 0.25) is 0 Å². The number of nitrogens with one attached hydrogen (secondary N) is 2. The third kappa shape index (κ3) is 35.9. The Balaban J connectivity index is -0.000000608. The van der Waals surface area contributed by atoms with E-state index in [1.165, 1.54) is 0 Å². The van der Waals surface area contributed by atoms with E-state index in [0.29, 0.717) is 49.3 Å². The number of hydrogen-bond donors (Lipinski definition) is 6. The molecule has 2 amide bonds. The molecule has 2 atom stereocenters. The fraction of sp³-hybridized carbons (Fsp3) is 0.833.